The van der Waals surface area contributed by atoms with Crippen molar-refractivity contribution in [3.63, 3.8) is 0 Å². The summed E-state index contributed by atoms with van der Waals surface area (Å²) in [5, 5.41) is 17.2. The van der Waals surface area contributed by atoms with Gasteiger partial charge in [0.2, 0.25) is 0 Å². The summed E-state index contributed by atoms with van der Waals surface area (Å²) < 4.78 is 7.69. The molecule has 160 valence electrons. The van der Waals surface area contributed by atoms with Gasteiger partial charge in [-0.05, 0) is 48.9 Å². The van der Waals surface area contributed by atoms with Crippen LogP contribution < -0.4 is 15.4 Å². The van der Waals surface area contributed by atoms with Crippen molar-refractivity contribution in [3.8, 4) is 5.75 Å². The summed E-state index contributed by atoms with van der Waals surface area (Å²) in [6.07, 6.45) is 1.89. The molecule has 0 aliphatic heterocycles. The lowest BCUT2D eigenvalue weighted by Crippen LogP contribution is -2.38. The molecule has 2 heterocycles. The number of aliphatic imine (C=N–C) groups is 1. The fraction of sp³-hybridized carbons (Fsp3) is 0.409. The summed E-state index contributed by atoms with van der Waals surface area (Å²) in [5.41, 5.74) is 1.23. The predicted molar refractivity (Wildman–Crippen MR) is 122 cm³/mol. The van der Waals surface area contributed by atoms with E-state index >= 15 is 0 Å². The molecule has 3 rings (SSSR count). The second-order valence-corrected chi connectivity index (χ2v) is 8.03. The second kappa shape index (κ2) is 11.3. The van der Waals surface area contributed by atoms with E-state index in [0.29, 0.717) is 6.54 Å². The summed E-state index contributed by atoms with van der Waals surface area (Å²) in [7, 11) is 1.96. The Morgan fingerprint density at radius 3 is 2.83 bits per heavy atom. The lowest BCUT2D eigenvalue weighted by molar-refractivity contribution is 0.317. The Hall–Kier alpha value is -2.87. The maximum absolute atomic E-state index is 5.73. The Morgan fingerprint density at radius 1 is 1.20 bits per heavy atom. The zero-order valence-corrected chi connectivity index (χ0v) is 18.7. The van der Waals surface area contributed by atoms with Crippen LogP contribution in [0.25, 0.3) is 0 Å². The van der Waals surface area contributed by atoms with E-state index in [0.717, 1.165) is 55.9 Å². The predicted octanol–water partition coefficient (Wildman–Crippen LogP) is 3.45. The summed E-state index contributed by atoms with van der Waals surface area (Å²) in [5.74, 6) is 3.41. The first-order valence-electron chi connectivity index (χ1n) is 10.3. The van der Waals surface area contributed by atoms with E-state index in [2.05, 4.69) is 57.4 Å². The van der Waals surface area contributed by atoms with Crippen LogP contribution in [0.15, 0.2) is 46.8 Å². The number of thiophene rings is 1. The number of rotatable bonds is 10. The highest BCUT2D eigenvalue weighted by molar-refractivity contribution is 7.09. The number of ether oxygens (including phenoxy) is 1. The minimum atomic E-state index is 0.470. The van der Waals surface area contributed by atoms with Crippen molar-refractivity contribution in [1.82, 2.24) is 25.4 Å². The lowest BCUT2D eigenvalue weighted by atomic mass is 10.1. The van der Waals surface area contributed by atoms with Crippen LogP contribution in [-0.4, -0.2) is 33.9 Å². The van der Waals surface area contributed by atoms with Gasteiger partial charge >= 0.3 is 0 Å². The number of nitrogens with zero attached hydrogens (tertiary/aromatic N) is 4. The van der Waals surface area contributed by atoms with Crippen molar-refractivity contribution >= 4 is 17.3 Å². The first-order valence-corrected chi connectivity index (χ1v) is 11.1. The van der Waals surface area contributed by atoms with Gasteiger partial charge in [-0.1, -0.05) is 25.1 Å². The zero-order valence-electron chi connectivity index (χ0n) is 17.9. The molecular weight excluding hydrogens is 396 g/mol. The minimum Gasteiger partial charge on any atom is -0.494 e. The molecule has 0 unspecified atom stereocenters. The fourth-order valence-electron chi connectivity index (χ4n) is 2.83. The van der Waals surface area contributed by atoms with Crippen molar-refractivity contribution in [2.24, 2.45) is 12.0 Å². The first-order chi connectivity index (χ1) is 14.7. The number of nitrogens with one attached hydrogen (secondary N) is 2. The molecule has 0 saturated heterocycles. The summed E-state index contributed by atoms with van der Waals surface area (Å²) >= 11 is 1.73. The van der Waals surface area contributed by atoms with E-state index in [1.54, 1.807) is 11.3 Å². The van der Waals surface area contributed by atoms with Crippen LogP contribution in [0.5, 0.6) is 5.75 Å². The number of aryl methyl sites for hydroxylation is 1. The third kappa shape index (κ3) is 6.59. The molecule has 2 aromatic heterocycles. The molecule has 0 aliphatic carbocycles. The monoisotopic (exact) mass is 426 g/mol. The van der Waals surface area contributed by atoms with Crippen LogP contribution in [-0.2, 0) is 26.6 Å². The third-order valence-corrected chi connectivity index (χ3v) is 5.53. The second-order valence-electron chi connectivity index (χ2n) is 6.99. The number of benzene rings is 1. The van der Waals surface area contributed by atoms with Crippen molar-refractivity contribution in [3.05, 3.63) is 63.9 Å². The van der Waals surface area contributed by atoms with E-state index in [-0.39, 0.29) is 0 Å². The van der Waals surface area contributed by atoms with Gasteiger partial charge in [-0.25, -0.2) is 4.99 Å². The molecule has 2 N–H and O–H groups in total. The molecule has 8 heteroatoms. The third-order valence-electron chi connectivity index (χ3n) is 4.65. The van der Waals surface area contributed by atoms with Gasteiger partial charge in [0.15, 0.2) is 11.8 Å². The van der Waals surface area contributed by atoms with Crippen molar-refractivity contribution in [1.29, 1.82) is 0 Å². The normalized spacial score (nSPS) is 11.5. The Balaban J connectivity index is 1.58. The molecule has 0 aliphatic rings. The highest BCUT2D eigenvalue weighted by atomic mass is 32.1. The molecule has 0 spiro atoms. The van der Waals surface area contributed by atoms with Gasteiger partial charge in [-0.2, -0.15) is 0 Å². The van der Waals surface area contributed by atoms with E-state index < -0.39 is 0 Å². The number of guanidine groups is 1. The van der Waals surface area contributed by atoms with E-state index in [9.17, 15) is 0 Å². The van der Waals surface area contributed by atoms with Gasteiger partial charge in [0, 0.05) is 18.5 Å². The van der Waals surface area contributed by atoms with Crippen LogP contribution in [0.4, 0.5) is 0 Å². The van der Waals surface area contributed by atoms with Crippen molar-refractivity contribution in [2.45, 2.75) is 39.8 Å². The van der Waals surface area contributed by atoms with Crippen LogP contribution in [0.2, 0.25) is 0 Å². The number of aromatic nitrogens is 3. The van der Waals surface area contributed by atoms with Crippen LogP contribution >= 0.6 is 11.3 Å². The van der Waals surface area contributed by atoms with E-state index in [1.807, 2.05) is 30.7 Å². The van der Waals surface area contributed by atoms with E-state index in [1.165, 1.54) is 10.4 Å². The van der Waals surface area contributed by atoms with E-state index in [4.69, 9.17) is 9.73 Å². The summed E-state index contributed by atoms with van der Waals surface area (Å²) in [6, 6.07) is 12.4. The van der Waals surface area contributed by atoms with Gasteiger partial charge in [0.25, 0.3) is 0 Å². The maximum atomic E-state index is 5.73. The van der Waals surface area contributed by atoms with Crippen molar-refractivity contribution < 1.29 is 4.74 Å². The van der Waals surface area contributed by atoms with Crippen LogP contribution in [0.3, 0.4) is 0 Å². The lowest BCUT2D eigenvalue weighted by Gasteiger charge is -2.13. The standard InChI is InChI=1S/C22H30N6OS/c1-4-12-29-19-8-5-7-18(14-19)10-11-23-22(24-15-20-9-6-13-30-20)25-16-21-27-26-17(2)28(21)3/h5-9,13-14H,4,10-12,15-16H2,1-3H3,(H2,23,24,25). The SMILES string of the molecule is CCCOc1cccc(CCNC(=NCc2nnc(C)n2C)NCc2cccs2)c1. The number of hydrogen-bond donors (Lipinski definition) is 2. The van der Waals surface area contributed by atoms with Gasteiger partial charge < -0.3 is 19.9 Å². The molecule has 0 fully saturated rings. The summed E-state index contributed by atoms with van der Waals surface area (Å²) in [4.78, 5) is 5.97. The summed E-state index contributed by atoms with van der Waals surface area (Å²) in [6.45, 7) is 6.77. The van der Waals surface area contributed by atoms with Crippen molar-refractivity contribution in [2.75, 3.05) is 13.2 Å². The van der Waals surface area contributed by atoms with Gasteiger partial charge in [-0.3, -0.25) is 0 Å². The van der Waals surface area contributed by atoms with Gasteiger partial charge in [0.05, 0.1) is 13.2 Å². The average Bonchev–Trinajstić information content (AvgIpc) is 3.39. The molecule has 0 atom stereocenters. The molecule has 3 aromatic rings. The Labute approximate surface area is 182 Å². The Morgan fingerprint density at radius 2 is 2.10 bits per heavy atom. The van der Waals surface area contributed by atoms with Gasteiger partial charge in [-0.15, -0.1) is 21.5 Å². The Kier molecular flexibility index (Phi) is 8.26. The molecule has 0 radical (unpaired) electrons. The van der Waals surface area contributed by atoms with Crippen LogP contribution in [0.1, 0.15) is 35.4 Å². The minimum absolute atomic E-state index is 0.470. The highest BCUT2D eigenvalue weighted by Crippen LogP contribution is 2.14. The molecule has 0 amide bonds. The quantitative estimate of drug-likeness (QED) is 0.384. The highest BCUT2D eigenvalue weighted by Gasteiger charge is 2.06. The molecule has 1 aromatic carbocycles. The molecule has 30 heavy (non-hydrogen) atoms. The Bertz CT molecular complexity index is 935. The average molecular weight is 427 g/mol. The number of hydrogen-bond acceptors (Lipinski definition) is 5. The smallest absolute Gasteiger partial charge is 0.192 e. The topological polar surface area (TPSA) is 76.4 Å². The molecular formula is C22H30N6OS. The zero-order chi connectivity index (χ0) is 21.2. The first kappa shape index (κ1) is 21.8. The van der Waals surface area contributed by atoms with Crippen LogP contribution in [0, 0.1) is 6.92 Å². The molecule has 7 nitrogen and oxygen atoms in total. The van der Waals surface area contributed by atoms with Gasteiger partial charge in [0.1, 0.15) is 18.1 Å². The largest absolute Gasteiger partial charge is 0.494 e. The molecule has 0 saturated carbocycles. The maximum Gasteiger partial charge on any atom is 0.192 e. The fourth-order valence-corrected chi connectivity index (χ4v) is 3.48. The molecule has 0 bridgehead atoms.